The first-order chi connectivity index (χ1) is 17.6. The summed E-state index contributed by atoms with van der Waals surface area (Å²) in [7, 11) is 0. The molecule has 0 amide bonds. The summed E-state index contributed by atoms with van der Waals surface area (Å²) in [5.41, 5.74) is 5.06. The predicted octanol–water partition coefficient (Wildman–Crippen LogP) is 6.64. The lowest BCUT2D eigenvalue weighted by Crippen LogP contribution is -2.42. The molecule has 1 heterocycles. The summed E-state index contributed by atoms with van der Waals surface area (Å²) in [4.78, 5) is 27.3. The van der Waals surface area contributed by atoms with Crippen LogP contribution in [0.2, 0.25) is 0 Å². The molecule has 0 spiro atoms. The SMILES string of the molecule is CCOc1cc(OCc2ccccc2)ccc1C1C2=C(CC(C)(C)CC2=O)NC2=C1C(=O)CC(C)(C)C2. The van der Waals surface area contributed by atoms with E-state index in [2.05, 4.69) is 33.0 Å². The minimum absolute atomic E-state index is 0.111. The van der Waals surface area contributed by atoms with Crippen LogP contribution in [-0.2, 0) is 16.2 Å². The molecule has 0 fully saturated rings. The van der Waals surface area contributed by atoms with Crippen molar-refractivity contribution in [2.75, 3.05) is 6.61 Å². The van der Waals surface area contributed by atoms with Crippen LogP contribution < -0.4 is 14.8 Å². The van der Waals surface area contributed by atoms with Gasteiger partial charge in [0.25, 0.3) is 0 Å². The molecule has 37 heavy (non-hydrogen) atoms. The second kappa shape index (κ2) is 9.51. The summed E-state index contributed by atoms with van der Waals surface area (Å²) < 4.78 is 12.2. The number of nitrogens with one attached hydrogen (secondary N) is 1. The van der Waals surface area contributed by atoms with Gasteiger partial charge in [0.15, 0.2) is 11.6 Å². The van der Waals surface area contributed by atoms with Gasteiger partial charge in [0.05, 0.1) is 6.61 Å². The van der Waals surface area contributed by atoms with Gasteiger partial charge in [-0.3, -0.25) is 9.59 Å². The zero-order valence-corrected chi connectivity index (χ0v) is 22.6. The maximum atomic E-state index is 13.6. The Kier molecular flexibility index (Phi) is 6.51. The second-order valence-corrected chi connectivity index (χ2v) is 12.1. The summed E-state index contributed by atoms with van der Waals surface area (Å²) in [5, 5.41) is 3.58. The van der Waals surface area contributed by atoms with E-state index < -0.39 is 5.92 Å². The Morgan fingerprint density at radius 1 is 0.811 bits per heavy atom. The standard InChI is InChI=1S/C32H37NO4/c1-6-36-27-14-21(37-19-20-10-8-7-9-11-20)12-13-22(27)28-29-23(15-31(2,3)17-25(29)34)33-24-16-32(4,5)18-26(35)30(24)28/h7-14,28,33H,6,15-19H2,1-5H3. The van der Waals surface area contributed by atoms with E-state index in [1.54, 1.807) is 0 Å². The topological polar surface area (TPSA) is 64.6 Å². The Hall–Kier alpha value is -3.34. The fourth-order valence-corrected chi connectivity index (χ4v) is 6.06. The molecule has 5 rings (SSSR count). The van der Waals surface area contributed by atoms with Gasteiger partial charge in [0, 0.05) is 52.9 Å². The highest BCUT2D eigenvalue weighted by atomic mass is 16.5. The lowest BCUT2D eigenvalue weighted by molar-refractivity contribution is -0.119. The highest BCUT2D eigenvalue weighted by Gasteiger charge is 2.47. The molecule has 0 saturated heterocycles. The Bertz CT molecular complexity index is 1250. The quantitative estimate of drug-likeness (QED) is 0.483. The molecule has 194 valence electrons. The third-order valence-corrected chi connectivity index (χ3v) is 7.56. The first-order valence-electron chi connectivity index (χ1n) is 13.3. The molecule has 0 aromatic heterocycles. The van der Waals surface area contributed by atoms with Crippen LogP contribution in [0.15, 0.2) is 71.1 Å². The molecule has 0 unspecified atom stereocenters. The number of benzene rings is 2. The average Bonchev–Trinajstić information content (AvgIpc) is 2.81. The molecule has 0 bridgehead atoms. The third kappa shape index (κ3) is 5.09. The molecule has 5 heteroatoms. The van der Waals surface area contributed by atoms with Crippen molar-refractivity contribution < 1.29 is 19.1 Å². The normalized spacial score (nSPS) is 20.8. The van der Waals surface area contributed by atoms with Crippen LogP contribution in [-0.4, -0.2) is 18.2 Å². The maximum Gasteiger partial charge on any atom is 0.162 e. The van der Waals surface area contributed by atoms with Gasteiger partial charge in [-0.2, -0.15) is 0 Å². The fraction of sp³-hybridized carbons (Fsp3) is 0.438. The fourth-order valence-electron chi connectivity index (χ4n) is 6.06. The first-order valence-corrected chi connectivity index (χ1v) is 13.3. The zero-order chi connectivity index (χ0) is 26.4. The number of carbonyl (C=O) groups excluding carboxylic acids is 2. The number of hydrogen-bond acceptors (Lipinski definition) is 5. The smallest absolute Gasteiger partial charge is 0.162 e. The van der Waals surface area contributed by atoms with E-state index in [1.807, 2.05) is 55.5 Å². The highest BCUT2D eigenvalue weighted by molar-refractivity contribution is 6.07. The Morgan fingerprint density at radius 3 is 1.97 bits per heavy atom. The lowest BCUT2D eigenvalue weighted by atomic mass is 9.64. The molecule has 5 nitrogen and oxygen atoms in total. The third-order valence-electron chi connectivity index (χ3n) is 7.56. The number of carbonyl (C=O) groups is 2. The van der Waals surface area contributed by atoms with Crippen molar-refractivity contribution in [2.24, 2.45) is 10.8 Å². The molecule has 2 aromatic carbocycles. The monoisotopic (exact) mass is 499 g/mol. The van der Waals surface area contributed by atoms with E-state index in [-0.39, 0.29) is 22.4 Å². The molecule has 0 saturated carbocycles. The van der Waals surface area contributed by atoms with Crippen LogP contribution in [0, 0.1) is 10.8 Å². The number of ketones is 2. The minimum Gasteiger partial charge on any atom is -0.493 e. The number of dihydropyridines is 1. The summed E-state index contributed by atoms with van der Waals surface area (Å²) >= 11 is 0. The Balaban J connectivity index is 1.59. The van der Waals surface area contributed by atoms with E-state index in [1.165, 1.54) is 0 Å². The van der Waals surface area contributed by atoms with Gasteiger partial charge in [-0.1, -0.05) is 64.1 Å². The largest absolute Gasteiger partial charge is 0.493 e. The van der Waals surface area contributed by atoms with Gasteiger partial charge in [-0.15, -0.1) is 0 Å². The Labute approximate surface area is 219 Å². The Morgan fingerprint density at radius 2 is 1.41 bits per heavy atom. The van der Waals surface area contributed by atoms with Crippen molar-refractivity contribution in [1.29, 1.82) is 0 Å². The number of allylic oxidation sites excluding steroid dienone is 4. The number of hydrogen-bond donors (Lipinski definition) is 1. The van der Waals surface area contributed by atoms with Crippen molar-refractivity contribution in [1.82, 2.24) is 5.32 Å². The molecule has 0 radical (unpaired) electrons. The van der Waals surface area contributed by atoms with E-state index in [0.29, 0.717) is 37.6 Å². The summed E-state index contributed by atoms with van der Waals surface area (Å²) in [5.74, 6) is 1.15. The van der Waals surface area contributed by atoms with E-state index >= 15 is 0 Å². The van der Waals surface area contributed by atoms with Gasteiger partial charge in [-0.05, 0) is 42.2 Å². The van der Waals surface area contributed by atoms with Crippen molar-refractivity contribution in [2.45, 2.75) is 72.8 Å². The average molecular weight is 500 g/mol. The van der Waals surface area contributed by atoms with E-state index in [0.717, 1.165) is 46.5 Å². The van der Waals surface area contributed by atoms with Gasteiger partial charge in [0.1, 0.15) is 18.1 Å². The molecule has 2 aromatic rings. The number of ether oxygens (including phenoxy) is 2. The maximum absolute atomic E-state index is 13.6. The second-order valence-electron chi connectivity index (χ2n) is 12.1. The molecular formula is C32H37NO4. The van der Waals surface area contributed by atoms with Crippen molar-refractivity contribution in [3.63, 3.8) is 0 Å². The molecular weight excluding hydrogens is 462 g/mol. The van der Waals surface area contributed by atoms with Crippen LogP contribution in [0.5, 0.6) is 11.5 Å². The van der Waals surface area contributed by atoms with Crippen molar-refractivity contribution in [3.8, 4) is 11.5 Å². The van der Waals surface area contributed by atoms with Crippen LogP contribution in [0.4, 0.5) is 0 Å². The van der Waals surface area contributed by atoms with Crippen molar-refractivity contribution >= 4 is 11.6 Å². The first kappa shape index (κ1) is 25.3. The minimum atomic E-state index is -0.428. The molecule has 1 N–H and O–H groups in total. The summed E-state index contributed by atoms with van der Waals surface area (Å²) in [6.07, 6.45) is 2.49. The number of rotatable bonds is 6. The van der Waals surface area contributed by atoms with Crippen LogP contribution in [0.3, 0.4) is 0 Å². The highest BCUT2D eigenvalue weighted by Crippen LogP contribution is 2.52. The predicted molar refractivity (Wildman–Crippen MR) is 144 cm³/mol. The number of Topliss-reactive ketones (excluding diaryl/α,β-unsaturated/α-hetero) is 2. The van der Waals surface area contributed by atoms with E-state index in [9.17, 15) is 9.59 Å². The summed E-state index contributed by atoms with van der Waals surface area (Å²) in [6, 6.07) is 15.8. The zero-order valence-electron chi connectivity index (χ0n) is 22.6. The molecule has 1 aliphatic heterocycles. The van der Waals surface area contributed by atoms with Crippen molar-refractivity contribution in [3.05, 3.63) is 82.2 Å². The summed E-state index contributed by atoms with van der Waals surface area (Å²) in [6.45, 7) is 11.4. The molecule has 2 aliphatic carbocycles. The van der Waals surface area contributed by atoms with Crippen LogP contribution in [0.25, 0.3) is 0 Å². The van der Waals surface area contributed by atoms with E-state index in [4.69, 9.17) is 9.47 Å². The van der Waals surface area contributed by atoms with Gasteiger partial charge >= 0.3 is 0 Å². The van der Waals surface area contributed by atoms with Crippen LogP contribution in [0.1, 0.15) is 77.3 Å². The molecule has 3 aliphatic rings. The lowest BCUT2D eigenvalue weighted by Gasteiger charge is -2.44. The van der Waals surface area contributed by atoms with Crippen LogP contribution >= 0.6 is 0 Å². The van der Waals surface area contributed by atoms with Gasteiger partial charge in [-0.25, -0.2) is 0 Å². The van der Waals surface area contributed by atoms with Gasteiger partial charge in [0.2, 0.25) is 0 Å². The van der Waals surface area contributed by atoms with Gasteiger partial charge < -0.3 is 14.8 Å². The molecule has 0 atom stereocenters.